The highest BCUT2D eigenvalue weighted by Crippen LogP contribution is 2.04. The molecular formula is C17H30N4O7. The molecule has 11 nitrogen and oxygen atoms in total. The van der Waals surface area contributed by atoms with Crippen molar-refractivity contribution in [2.75, 3.05) is 0 Å². The number of carbonyl (C=O) groups is 5. The van der Waals surface area contributed by atoms with Gasteiger partial charge in [-0.1, -0.05) is 27.7 Å². The van der Waals surface area contributed by atoms with E-state index in [1.165, 1.54) is 6.92 Å². The Morgan fingerprint density at radius 1 is 0.786 bits per heavy atom. The van der Waals surface area contributed by atoms with Gasteiger partial charge in [-0.3, -0.25) is 19.2 Å². The maximum atomic E-state index is 12.3. The molecule has 0 aliphatic carbocycles. The summed E-state index contributed by atoms with van der Waals surface area (Å²) in [5, 5.41) is 24.9. The normalized spacial score (nSPS) is 15.3. The second-order valence-electron chi connectivity index (χ2n) is 7.23. The molecule has 0 aliphatic rings. The third kappa shape index (κ3) is 8.33. The average Bonchev–Trinajstić information content (AvgIpc) is 2.56. The highest BCUT2D eigenvalue weighted by Gasteiger charge is 2.30. The van der Waals surface area contributed by atoms with E-state index in [1.807, 2.05) is 0 Å². The molecule has 0 rings (SSSR count). The molecule has 28 heavy (non-hydrogen) atoms. The zero-order valence-electron chi connectivity index (χ0n) is 16.7. The number of aliphatic carboxylic acids is 2. The first kappa shape index (κ1) is 25.3. The van der Waals surface area contributed by atoms with Crippen LogP contribution in [0.15, 0.2) is 0 Å². The van der Waals surface area contributed by atoms with Crippen LogP contribution < -0.4 is 21.7 Å². The minimum absolute atomic E-state index is 0.234. The quantitative estimate of drug-likeness (QED) is 0.245. The number of carboxylic acids is 2. The van der Waals surface area contributed by atoms with Crippen molar-refractivity contribution in [2.45, 2.75) is 65.2 Å². The number of rotatable bonds is 11. The van der Waals surface area contributed by atoms with E-state index in [0.717, 1.165) is 0 Å². The Morgan fingerprint density at radius 3 is 1.71 bits per heavy atom. The van der Waals surface area contributed by atoms with Crippen LogP contribution in [0.25, 0.3) is 0 Å². The van der Waals surface area contributed by atoms with Gasteiger partial charge in [0, 0.05) is 0 Å². The van der Waals surface area contributed by atoms with Gasteiger partial charge in [-0.25, -0.2) is 4.79 Å². The summed E-state index contributed by atoms with van der Waals surface area (Å²) < 4.78 is 0. The van der Waals surface area contributed by atoms with Crippen LogP contribution in [0.2, 0.25) is 0 Å². The van der Waals surface area contributed by atoms with Gasteiger partial charge in [-0.15, -0.1) is 0 Å². The highest BCUT2D eigenvalue weighted by molar-refractivity contribution is 5.95. The van der Waals surface area contributed by atoms with Crippen molar-refractivity contribution in [3.05, 3.63) is 0 Å². The molecule has 11 heteroatoms. The van der Waals surface area contributed by atoms with Crippen LogP contribution in [0, 0.1) is 11.8 Å². The predicted octanol–water partition coefficient (Wildman–Crippen LogP) is -1.34. The first-order valence-corrected chi connectivity index (χ1v) is 8.89. The molecule has 0 bridgehead atoms. The largest absolute Gasteiger partial charge is 0.481 e. The monoisotopic (exact) mass is 402 g/mol. The minimum atomic E-state index is -1.44. The molecule has 0 aromatic rings. The zero-order chi connectivity index (χ0) is 22.2. The number of carboxylic acid groups (broad SMARTS) is 2. The van der Waals surface area contributed by atoms with E-state index in [2.05, 4.69) is 16.0 Å². The molecule has 4 atom stereocenters. The van der Waals surface area contributed by atoms with Gasteiger partial charge in [-0.2, -0.15) is 0 Å². The fourth-order valence-electron chi connectivity index (χ4n) is 2.13. The molecule has 3 amide bonds. The Balaban J connectivity index is 5.09. The van der Waals surface area contributed by atoms with Gasteiger partial charge in [0.2, 0.25) is 17.7 Å². The van der Waals surface area contributed by atoms with E-state index in [0.29, 0.717) is 0 Å². The molecule has 160 valence electrons. The van der Waals surface area contributed by atoms with Crippen molar-refractivity contribution in [3.63, 3.8) is 0 Å². The number of amides is 3. The molecule has 0 heterocycles. The Kier molecular flexibility index (Phi) is 10.1. The second-order valence-corrected chi connectivity index (χ2v) is 7.23. The second kappa shape index (κ2) is 11.2. The number of nitrogens with one attached hydrogen (secondary N) is 3. The molecule has 0 saturated heterocycles. The standard InChI is InChI=1S/C17H30N4O7/c1-7(2)12(18)16(26)20-10(6-11(22)23)15(25)19-9(5)14(24)21-13(8(3)4)17(27)28/h7-10,12-13H,6,18H2,1-5H3,(H,19,25)(H,20,26)(H,21,24)(H,22,23)(H,27,28). The van der Waals surface area contributed by atoms with Crippen LogP contribution in [-0.2, 0) is 24.0 Å². The van der Waals surface area contributed by atoms with Gasteiger partial charge in [0.05, 0.1) is 12.5 Å². The third-order valence-electron chi connectivity index (χ3n) is 4.02. The van der Waals surface area contributed by atoms with Crippen molar-refractivity contribution in [2.24, 2.45) is 17.6 Å². The van der Waals surface area contributed by atoms with Crippen LogP contribution in [-0.4, -0.2) is 64.0 Å². The zero-order valence-corrected chi connectivity index (χ0v) is 16.7. The van der Waals surface area contributed by atoms with Gasteiger partial charge in [-0.05, 0) is 18.8 Å². The topological polar surface area (TPSA) is 188 Å². The van der Waals surface area contributed by atoms with Crippen molar-refractivity contribution >= 4 is 29.7 Å². The Bertz CT molecular complexity index is 606. The van der Waals surface area contributed by atoms with Crippen LogP contribution in [0.3, 0.4) is 0 Å². The Morgan fingerprint density at radius 2 is 1.32 bits per heavy atom. The molecule has 0 aromatic carbocycles. The molecule has 0 aliphatic heterocycles. The molecule has 0 fully saturated rings. The van der Waals surface area contributed by atoms with Gasteiger partial charge < -0.3 is 31.9 Å². The summed E-state index contributed by atoms with van der Waals surface area (Å²) in [5.41, 5.74) is 5.69. The van der Waals surface area contributed by atoms with Gasteiger partial charge >= 0.3 is 11.9 Å². The van der Waals surface area contributed by atoms with Crippen molar-refractivity contribution < 1.29 is 34.2 Å². The number of hydrogen-bond donors (Lipinski definition) is 6. The fraction of sp³-hybridized carbons (Fsp3) is 0.706. The fourth-order valence-corrected chi connectivity index (χ4v) is 2.13. The van der Waals surface area contributed by atoms with Crippen LogP contribution >= 0.6 is 0 Å². The van der Waals surface area contributed by atoms with Crippen LogP contribution in [0.4, 0.5) is 0 Å². The van der Waals surface area contributed by atoms with Gasteiger partial charge in [0.1, 0.15) is 18.1 Å². The van der Waals surface area contributed by atoms with Crippen LogP contribution in [0.5, 0.6) is 0 Å². The number of hydrogen-bond acceptors (Lipinski definition) is 6. The van der Waals surface area contributed by atoms with Gasteiger partial charge in [0.15, 0.2) is 0 Å². The SMILES string of the molecule is CC(NC(=O)C(CC(=O)O)NC(=O)C(N)C(C)C)C(=O)NC(C(=O)O)C(C)C. The van der Waals surface area contributed by atoms with Crippen molar-refractivity contribution in [3.8, 4) is 0 Å². The van der Waals surface area contributed by atoms with Crippen LogP contribution in [0.1, 0.15) is 41.0 Å². The molecule has 0 saturated carbocycles. The van der Waals surface area contributed by atoms with E-state index in [4.69, 9.17) is 15.9 Å². The predicted molar refractivity (Wildman–Crippen MR) is 99.0 cm³/mol. The van der Waals surface area contributed by atoms with E-state index in [9.17, 15) is 24.0 Å². The Hall–Kier alpha value is -2.69. The average molecular weight is 402 g/mol. The molecule has 4 unspecified atom stereocenters. The first-order valence-electron chi connectivity index (χ1n) is 8.89. The van der Waals surface area contributed by atoms with Gasteiger partial charge in [0.25, 0.3) is 0 Å². The maximum Gasteiger partial charge on any atom is 0.326 e. The molecule has 0 spiro atoms. The first-order chi connectivity index (χ1) is 12.8. The van der Waals surface area contributed by atoms with E-state index < -0.39 is 60.2 Å². The Labute approximate surface area is 163 Å². The number of nitrogens with two attached hydrogens (primary N) is 1. The van der Waals surface area contributed by atoms with Crippen molar-refractivity contribution in [1.82, 2.24) is 16.0 Å². The number of carbonyl (C=O) groups excluding carboxylic acids is 3. The summed E-state index contributed by atoms with van der Waals surface area (Å²) in [6.07, 6.45) is -0.708. The lowest BCUT2D eigenvalue weighted by atomic mass is 10.0. The van der Waals surface area contributed by atoms with E-state index in [-0.39, 0.29) is 11.8 Å². The minimum Gasteiger partial charge on any atom is -0.481 e. The van der Waals surface area contributed by atoms with E-state index in [1.54, 1.807) is 27.7 Å². The maximum absolute atomic E-state index is 12.3. The lowest BCUT2D eigenvalue weighted by molar-refractivity contribution is -0.144. The molecule has 0 aromatic heterocycles. The summed E-state index contributed by atoms with van der Waals surface area (Å²) in [6.45, 7) is 7.91. The summed E-state index contributed by atoms with van der Waals surface area (Å²) in [7, 11) is 0. The third-order valence-corrected chi connectivity index (χ3v) is 4.02. The van der Waals surface area contributed by atoms with Crippen molar-refractivity contribution in [1.29, 1.82) is 0 Å². The molecular weight excluding hydrogens is 372 g/mol. The highest BCUT2D eigenvalue weighted by atomic mass is 16.4. The lowest BCUT2D eigenvalue weighted by Crippen LogP contribution is -2.57. The summed E-state index contributed by atoms with van der Waals surface area (Å²) in [5.74, 6) is -5.52. The lowest BCUT2D eigenvalue weighted by Gasteiger charge is -2.24. The summed E-state index contributed by atoms with van der Waals surface area (Å²) in [6, 6.07) is -4.68. The summed E-state index contributed by atoms with van der Waals surface area (Å²) >= 11 is 0. The summed E-state index contributed by atoms with van der Waals surface area (Å²) in [4.78, 5) is 58.7. The molecule has 7 N–H and O–H groups in total. The molecule has 0 radical (unpaired) electrons. The smallest absolute Gasteiger partial charge is 0.326 e. The van der Waals surface area contributed by atoms with E-state index >= 15 is 0 Å².